The molecule has 0 radical (unpaired) electrons. The SMILES string of the molecule is CC1C=CC=CC1C(N)CCNc1cc(C2C=CN=CC2)c(-c2cccc(F)c2)cn1. The highest BCUT2D eigenvalue weighted by atomic mass is 19.1. The third kappa shape index (κ3) is 5.17. The van der Waals surface area contributed by atoms with Crippen LogP contribution in [-0.2, 0) is 0 Å². The van der Waals surface area contributed by atoms with Crippen LogP contribution in [0.3, 0.4) is 0 Å². The number of nitrogens with two attached hydrogens (primary N) is 1. The predicted octanol–water partition coefficient (Wildman–Crippen LogP) is 5.47. The molecule has 4 atom stereocenters. The third-order valence-electron chi connectivity index (χ3n) is 6.08. The predicted molar refractivity (Wildman–Crippen MR) is 127 cm³/mol. The van der Waals surface area contributed by atoms with Crippen molar-refractivity contribution in [3.05, 3.63) is 84.5 Å². The summed E-state index contributed by atoms with van der Waals surface area (Å²) in [7, 11) is 0. The zero-order valence-electron chi connectivity index (χ0n) is 17.8. The number of hydrogen-bond acceptors (Lipinski definition) is 4. The number of aliphatic imine (C=N–C) groups is 1. The van der Waals surface area contributed by atoms with Crippen LogP contribution in [-0.4, -0.2) is 23.8 Å². The Bertz CT molecular complexity index is 1020. The van der Waals surface area contributed by atoms with Gasteiger partial charge in [-0.2, -0.15) is 0 Å². The highest BCUT2D eigenvalue weighted by molar-refractivity contribution is 5.72. The number of aromatic nitrogens is 1. The molecule has 4 rings (SSSR count). The van der Waals surface area contributed by atoms with Gasteiger partial charge in [-0.15, -0.1) is 0 Å². The van der Waals surface area contributed by atoms with Crippen LogP contribution in [0, 0.1) is 17.7 Å². The lowest BCUT2D eigenvalue weighted by atomic mass is 9.83. The van der Waals surface area contributed by atoms with Gasteiger partial charge in [0.15, 0.2) is 0 Å². The van der Waals surface area contributed by atoms with Gasteiger partial charge in [-0.25, -0.2) is 9.37 Å². The van der Waals surface area contributed by atoms with Crippen LogP contribution < -0.4 is 11.1 Å². The first-order valence-electron chi connectivity index (χ1n) is 10.9. The molecule has 0 saturated carbocycles. The summed E-state index contributed by atoms with van der Waals surface area (Å²) >= 11 is 0. The molecule has 3 N–H and O–H groups in total. The standard InChI is InChI=1S/C26H29FN4/c1-18-5-2-3-8-22(18)25(28)11-14-30-26-16-23(19-9-12-29-13-10-19)24(17-31-26)20-6-4-7-21(27)15-20/h2-9,12-13,15-19,22,25H,10-11,14,28H2,1H3,(H,30,31). The summed E-state index contributed by atoms with van der Waals surface area (Å²) in [5.41, 5.74) is 9.35. The van der Waals surface area contributed by atoms with Crippen LogP contribution in [0.25, 0.3) is 11.1 Å². The van der Waals surface area contributed by atoms with E-state index in [4.69, 9.17) is 5.73 Å². The van der Waals surface area contributed by atoms with Crippen LogP contribution in [0.4, 0.5) is 10.2 Å². The monoisotopic (exact) mass is 416 g/mol. The number of pyridine rings is 1. The summed E-state index contributed by atoms with van der Waals surface area (Å²) in [6.45, 7) is 2.95. The number of benzene rings is 1. The number of hydrogen-bond donors (Lipinski definition) is 2. The molecule has 0 saturated heterocycles. The molecule has 0 bridgehead atoms. The van der Waals surface area contributed by atoms with E-state index in [9.17, 15) is 4.39 Å². The molecule has 4 nitrogen and oxygen atoms in total. The maximum atomic E-state index is 13.8. The molecule has 1 aliphatic carbocycles. The van der Waals surface area contributed by atoms with Gasteiger partial charge in [0.25, 0.3) is 0 Å². The average molecular weight is 417 g/mol. The van der Waals surface area contributed by atoms with E-state index in [2.05, 4.69) is 58.7 Å². The molecule has 1 aliphatic heterocycles. The smallest absolute Gasteiger partial charge is 0.126 e. The van der Waals surface area contributed by atoms with E-state index in [-0.39, 0.29) is 17.8 Å². The topological polar surface area (TPSA) is 63.3 Å². The van der Waals surface area contributed by atoms with Gasteiger partial charge in [-0.3, -0.25) is 4.99 Å². The normalized spacial score (nSPS) is 23.1. The molecule has 2 aromatic rings. The number of rotatable bonds is 7. The minimum absolute atomic E-state index is 0.0900. The van der Waals surface area contributed by atoms with Crippen LogP contribution >= 0.6 is 0 Å². The minimum atomic E-state index is -0.249. The van der Waals surface area contributed by atoms with Gasteiger partial charge >= 0.3 is 0 Å². The number of nitrogens with one attached hydrogen (secondary N) is 1. The summed E-state index contributed by atoms with van der Waals surface area (Å²) in [4.78, 5) is 8.80. The molecule has 160 valence electrons. The molecule has 4 unspecified atom stereocenters. The van der Waals surface area contributed by atoms with Crippen molar-refractivity contribution in [3.63, 3.8) is 0 Å². The molecule has 1 aromatic heterocycles. The van der Waals surface area contributed by atoms with Crippen LogP contribution in [0.15, 0.2) is 78.1 Å². The first kappa shape index (κ1) is 21.2. The Morgan fingerprint density at radius 1 is 1.19 bits per heavy atom. The van der Waals surface area contributed by atoms with E-state index in [1.54, 1.807) is 12.1 Å². The number of anilines is 1. The molecule has 5 heteroatoms. The molecule has 2 heterocycles. The van der Waals surface area contributed by atoms with E-state index in [0.717, 1.165) is 41.9 Å². The molecular weight excluding hydrogens is 387 g/mol. The van der Waals surface area contributed by atoms with Crippen molar-refractivity contribution in [2.45, 2.75) is 31.7 Å². The Morgan fingerprint density at radius 3 is 2.84 bits per heavy atom. The summed E-state index contributed by atoms with van der Waals surface area (Å²) in [6, 6.07) is 8.83. The molecular formula is C26H29FN4. The van der Waals surface area contributed by atoms with Crippen molar-refractivity contribution in [1.82, 2.24) is 4.98 Å². The summed E-state index contributed by atoms with van der Waals surface area (Å²) < 4.78 is 13.8. The van der Waals surface area contributed by atoms with Crippen molar-refractivity contribution in [2.24, 2.45) is 22.6 Å². The fraction of sp³-hybridized carbons (Fsp3) is 0.308. The quantitative estimate of drug-likeness (QED) is 0.629. The van der Waals surface area contributed by atoms with Gasteiger partial charge in [0.05, 0.1) is 0 Å². The Morgan fingerprint density at radius 2 is 2.06 bits per heavy atom. The Hall–Kier alpha value is -3.05. The minimum Gasteiger partial charge on any atom is -0.370 e. The van der Waals surface area contributed by atoms with Gasteiger partial charge in [0, 0.05) is 42.7 Å². The Balaban J connectivity index is 1.49. The molecule has 31 heavy (non-hydrogen) atoms. The fourth-order valence-corrected chi connectivity index (χ4v) is 4.30. The zero-order chi connectivity index (χ0) is 21.6. The number of allylic oxidation sites excluding steroid dienone is 4. The summed E-state index contributed by atoms with van der Waals surface area (Å²) in [5.74, 6) is 1.56. The first-order valence-corrected chi connectivity index (χ1v) is 10.9. The van der Waals surface area contributed by atoms with Crippen molar-refractivity contribution in [1.29, 1.82) is 0 Å². The highest BCUT2D eigenvalue weighted by Gasteiger charge is 2.21. The highest BCUT2D eigenvalue weighted by Crippen LogP contribution is 2.34. The van der Waals surface area contributed by atoms with E-state index < -0.39 is 0 Å². The van der Waals surface area contributed by atoms with Crippen LogP contribution in [0.2, 0.25) is 0 Å². The van der Waals surface area contributed by atoms with E-state index >= 15 is 0 Å². The lowest BCUT2D eigenvalue weighted by Gasteiger charge is -2.27. The summed E-state index contributed by atoms with van der Waals surface area (Å²) in [6.07, 6.45) is 17.9. The van der Waals surface area contributed by atoms with Crippen molar-refractivity contribution < 1.29 is 4.39 Å². The van der Waals surface area contributed by atoms with Crippen LogP contribution in [0.1, 0.15) is 31.2 Å². The van der Waals surface area contributed by atoms with Crippen molar-refractivity contribution in [3.8, 4) is 11.1 Å². The van der Waals surface area contributed by atoms with E-state index in [1.807, 2.05) is 24.7 Å². The maximum absolute atomic E-state index is 13.8. The van der Waals surface area contributed by atoms with Crippen molar-refractivity contribution in [2.75, 3.05) is 11.9 Å². The Kier molecular flexibility index (Phi) is 6.73. The second kappa shape index (κ2) is 9.84. The second-order valence-corrected chi connectivity index (χ2v) is 8.27. The fourth-order valence-electron chi connectivity index (χ4n) is 4.30. The number of nitrogens with zero attached hydrogens (tertiary/aromatic N) is 2. The second-order valence-electron chi connectivity index (χ2n) is 8.27. The van der Waals surface area contributed by atoms with Gasteiger partial charge in [-0.1, -0.05) is 49.4 Å². The maximum Gasteiger partial charge on any atom is 0.126 e. The zero-order valence-corrected chi connectivity index (χ0v) is 17.8. The van der Waals surface area contributed by atoms with Gasteiger partial charge in [0.2, 0.25) is 0 Å². The summed E-state index contributed by atoms with van der Waals surface area (Å²) in [5, 5.41) is 3.43. The molecule has 1 aromatic carbocycles. The van der Waals surface area contributed by atoms with E-state index in [1.165, 1.54) is 6.07 Å². The first-order chi connectivity index (χ1) is 15.1. The largest absolute Gasteiger partial charge is 0.370 e. The van der Waals surface area contributed by atoms with Crippen molar-refractivity contribution >= 4 is 12.0 Å². The third-order valence-corrected chi connectivity index (χ3v) is 6.08. The molecule has 0 fully saturated rings. The molecule has 2 aliphatic rings. The lowest BCUT2D eigenvalue weighted by Crippen LogP contribution is -2.35. The number of halogens is 1. The Labute approximate surface area is 183 Å². The van der Waals surface area contributed by atoms with Gasteiger partial charge in [-0.05, 0) is 54.0 Å². The lowest BCUT2D eigenvalue weighted by molar-refractivity contribution is 0.401. The van der Waals surface area contributed by atoms with E-state index in [0.29, 0.717) is 11.8 Å². The average Bonchev–Trinajstić information content (AvgIpc) is 2.80. The molecule has 0 spiro atoms. The van der Waals surface area contributed by atoms with Gasteiger partial charge < -0.3 is 11.1 Å². The van der Waals surface area contributed by atoms with Crippen LogP contribution in [0.5, 0.6) is 0 Å². The van der Waals surface area contributed by atoms with Gasteiger partial charge in [0.1, 0.15) is 11.6 Å². The molecule has 0 amide bonds.